The normalized spacial score (nSPS) is 12.8. The van der Waals surface area contributed by atoms with Gasteiger partial charge in [0, 0.05) is 29.6 Å². The number of azide groups is 1. The number of carboxylic acid groups (broad SMARTS) is 1. The van der Waals surface area contributed by atoms with E-state index in [0.29, 0.717) is 6.42 Å². The van der Waals surface area contributed by atoms with Crippen LogP contribution in [0.15, 0.2) is 5.11 Å². The Morgan fingerprint density at radius 1 is 1.30 bits per heavy atom. The molecule has 0 aliphatic carbocycles. The second-order valence-corrected chi connectivity index (χ2v) is 7.15. The summed E-state index contributed by atoms with van der Waals surface area (Å²) >= 11 is 0. The highest BCUT2D eigenvalue weighted by Gasteiger charge is 2.27. The van der Waals surface area contributed by atoms with E-state index in [1.165, 1.54) is 4.90 Å². The quantitative estimate of drug-likeness (QED) is 0.440. The maximum Gasteiger partial charge on any atom is 0.407 e. The van der Waals surface area contributed by atoms with Crippen LogP contribution in [0.25, 0.3) is 10.4 Å². The standard InChI is InChI=1S/C14H27N5O4/c1-13(2,3)19(12(21)22)8-7-10(9-16-18-15)17-11(20)23-14(4,5)6/h10H,7-9H2,1-6H3,(H,17,20)(H,21,22)/t10-/m0/s1. The molecule has 9 nitrogen and oxygen atoms in total. The lowest BCUT2D eigenvalue weighted by atomic mass is 10.1. The van der Waals surface area contributed by atoms with Crippen LogP contribution in [0.3, 0.4) is 0 Å². The van der Waals surface area contributed by atoms with Crippen molar-refractivity contribution in [1.29, 1.82) is 0 Å². The fraction of sp³-hybridized carbons (Fsp3) is 0.857. The average molecular weight is 329 g/mol. The van der Waals surface area contributed by atoms with Gasteiger partial charge in [0.15, 0.2) is 0 Å². The van der Waals surface area contributed by atoms with Crippen LogP contribution >= 0.6 is 0 Å². The maximum absolute atomic E-state index is 11.8. The third kappa shape index (κ3) is 9.46. The maximum atomic E-state index is 11.8. The van der Waals surface area contributed by atoms with Gasteiger partial charge in [-0.2, -0.15) is 0 Å². The summed E-state index contributed by atoms with van der Waals surface area (Å²) in [5.41, 5.74) is 7.22. The van der Waals surface area contributed by atoms with E-state index < -0.39 is 29.4 Å². The van der Waals surface area contributed by atoms with Crippen LogP contribution in [0.2, 0.25) is 0 Å². The Morgan fingerprint density at radius 2 is 1.87 bits per heavy atom. The molecule has 0 saturated heterocycles. The molecule has 0 saturated carbocycles. The monoisotopic (exact) mass is 329 g/mol. The smallest absolute Gasteiger partial charge is 0.407 e. The minimum atomic E-state index is -1.04. The average Bonchev–Trinajstić information content (AvgIpc) is 2.31. The largest absolute Gasteiger partial charge is 0.465 e. The molecule has 0 aromatic rings. The second kappa shape index (κ2) is 8.47. The van der Waals surface area contributed by atoms with Crippen LogP contribution in [0.1, 0.15) is 48.0 Å². The fourth-order valence-corrected chi connectivity index (χ4v) is 1.82. The van der Waals surface area contributed by atoms with E-state index in [2.05, 4.69) is 15.3 Å². The third-order valence-electron chi connectivity index (χ3n) is 2.83. The Hall–Kier alpha value is -2.15. The van der Waals surface area contributed by atoms with Gasteiger partial charge in [-0.1, -0.05) is 5.11 Å². The first-order valence-corrected chi connectivity index (χ1v) is 7.37. The van der Waals surface area contributed by atoms with E-state index in [1.807, 2.05) is 0 Å². The molecule has 2 amide bonds. The molecule has 1 atom stereocenters. The van der Waals surface area contributed by atoms with Crippen LogP contribution in [0.5, 0.6) is 0 Å². The molecular weight excluding hydrogens is 302 g/mol. The molecule has 0 aromatic heterocycles. The van der Waals surface area contributed by atoms with E-state index in [0.717, 1.165) is 0 Å². The minimum absolute atomic E-state index is 0.0212. The zero-order valence-electron chi connectivity index (χ0n) is 14.7. The summed E-state index contributed by atoms with van der Waals surface area (Å²) in [7, 11) is 0. The van der Waals surface area contributed by atoms with Crippen molar-refractivity contribution in [2.24, 2.45) is 5.11 Å². The van der Waals surface area contributed by atoms with Gasteiger partial charge in [0.25, 0.3) is 0 Å². The van der Waals surface area contributed by atoms with Crippen molar-refractivity contribution in [3.8, 4) is 0 Å². The van der Waals surface area contributed by atoms with Crippen molar-refractivity contribution in [3.05, 3.63) is 10.4 Å². The number of nitrogens with one attached hydrogen (secondary N) is 1. The molecule has 0 aliphatic heterocycles. The Balaban J connectivity index is 4.82. The van der Waals surface area contributed by atoms with Gasteiger partial charge in [-0.05, 0) is 53.5 Å². The molecule has 0 heterocycles. The Bertz CT molecular complexity index is 461. The number of hydrogen-bond acceptors (Lipinski definition) is 4. The molecule has 0 aliphatic rings. The summed E-state index contributed by atoms with van der Waals surface area (Å²) in [4.78, 5) is 27.1. The molecule has 0 rings (SSSR count). The van der Waals surface area contributed by atoms with Gasteiger partial charge < -0.3 is 20.1 Å². The number of hydrogen-bond donors (Lipinski definition) is 2. The predicted molar refractivity (Wildman–Crippen MR) is 86.3 cm³/mol. The van der Waals surface area contributed by atoms with Crippen LogP contribution in [-0.2, 0) is 4.74 Å². The molecule has 9 heteroatoms. The number of carbonyl (C=O) groups excluding carboxylic acids is 1. The van der Waals surface area contributed by atoms with Crippen LogP contribution in [-0.4, -0.2) is 52.5 Å². The van der Waals surface area contributed by atoms with Gasteiger partial charge in [0.05, 0.1) is 0 Å². The lowest BCUT2D eigenvalue weighted by molar-refractivity contribution is 0.0497. The highest BCUT2D eigenvalue weighted by molar-refractivity contribution is 5.68. The van der Waals surface area contributed by atoms with Gasteiger partial charge in [0.1, 0.15) is 5.60 Å². The van der Waals surface area contributed by atoms with E-state index in [-0.39, 0.29) is 13.1 Å². The summed E-state index contributed by atoms with van der Waals surface area (Å²) in [6, 6.07) is -0.509. The Kier molecular flexibility index (Phi) is 7.68. The summed E-state index contributed by atoms with van der Waals surface area (Å²) in [6.07, 6.45) is -1.37. The first-order chi connectivity index (χ1) is 10.4. The first-order valence-electron chi connectivity index (χ1n) is 7.37. The molecule has 132 valence electrons. The molecule has 2 N–H and O–H groups in total. The molecule has 0 aromatic carbocycles. The minimum Gasteiger partial charge on any atom is -0.465 e. The fourth-order valence-electron chi connectivity index (χ4n) is 1.82. The van der Waals surface area contributed by atoms with Crippen molar-refractivity contribution in [3.63, 3.8) is 0 Å². The topological polar surface area (TPSA) is 128 Å². The van der Waals surface area contributed by atoms with Crippen LogP contribution < -0.4 is 5.32 Å². The number of rotatable bonds is 6. The van der Waals surface area contributed by atoms with Gasteiger partial charge >= 0.3 is 12.2 Å². The van der Waals surface area contributed by atoms with Gasteiger partial charge in [-0.25, -0.2) is 9.59 Å². The summed E-state index contributed by atoms with van der Waals surface area (Å²) in [6.45, 7) is 10.8. The number of nitrogens with zero attached hydrogens (tertiary/aromatic N) is 4. The van der Waals surface area contributed by atoms with Crippen LogP contribution in [0.4, 0.5) is 9.59 Å². The molecule has 0 fully saturated rings. The lowest BCUT2D eigenvalue weighted by Crippen LogP contribution is -2.48. The predicted octanol–water partition coefficient (Wildman–Crippen LogP) is 3.36. The SMILES string of the molecule is CC(C)(C)OC(=O)N[C@@H](CCN(C(=O)O)C(C)(C)C)CN=[N+]=[N-]. The van der Waals surface area contributed by atoms with Gasteiger partial charge in [-0.3, -0.25) is 0 Å². The first kappa shape index (κ1) is 20.9. The number of ether oxygens (including phenoxy) is 1. The molecule has 0 spiro atoms. The highest BCUT2D eigenvalue weighted by atomic mass is 16.6. The molecular formula is C14H27N5O4. The van der Waals surface area contributed by atoms with E-state index in [4.69, 9.17) is 10.3 Å². The van der Waals surface area contributed by atoms with Crippen molar-refractivity contribution >= 4 is 12.2 Å². The number of carbonyl (C=O) groups is 2. The Labute approximate surface area is 136 Å². The number of amides is 2. The highest BCUT2D eigenvalue weighted by Crippen LogP contribution is 2.15. The Morgan fingerprint density at radius 3 is 2.26 bits per heavy atom. The van der Waals surface area contributed by atoms with Crippen molar-refractivity contribution in [2.45, 2.75) is 65.1 Å². The molecule has 23 heavy (non-hydrogen) atoms. The van der Waals surface area contributed by atoms with E-state index in [9.17, 15) is 14.7 Å². The summed E-state index contributed by atoms with van der Waals surface area (Å²) in [5, 5.41) is 15.3. The zero-order chi connectivity index (χ0) is 18.3. The molecule has 0 unspecified atom stereocenters. The number of alkyl carbamates (subject to hydrolysis) is 1. The van der Waals surface area contributed by atoms with Crippen LogP contribution in [0, 0.1) is 0 Å². The van der Waals surface area contributed by atoms with Gasteiger partial charge in [-0.15, -0.1) is 0 Å². The lowest BCUT2D eigenvalue weighted by Gasteiger charge is -2.34. The summed E-state index contributed by atoms with van der Waals surface area (Å²) < 4.78 is 5.15. The van der Waals surface area contributed by atoms with Gasteiger partial charge in [0.2, 0.25) is 0 Å². The second-order valence-electron chi connectivity index (χ2n) is 7.15. The third-order valence-corrected chi connectivity index (χ3v) is 2.83. The van der Waals surface area contributed by atoms with Crippen molar-refractivity contribution < 1.29 is 19.4 Å². The molecule has 0 radical (unpaired) electrons. The zero-order valence-corrected chi connectivity index (χ0v) is 14.7. The van der Waals surface area contributed by atoms with E-state index in [1.54, 1.807) is 41.5 Å². The van der Waals surface area contributed by atoms with Crippen molar-refractivity contribution in [1.82, 2.24) is 10.2 Å². The van der Waals surface area contributed by atoms with E-state index >= 15 is 0 Å². The summed E-state index contributed by atoms with van der Waals surface area (Å²) in [5.74, 6) is 0. The molecule has 0 bridgehead atoms. The van der Waals surface area contributed by atoms with Crippen molar-refractivity contribution in [2.75, 3.05) is 13.1 Å².